The molecule has 2 heterocycles. The van der Waals surface area contributed by atoms with E-state index in [0.717, 1.165) is 39.1 Å². The highest BCUT2D eigenvalue weighted by Crippen LogP contribution is 2.23. The monoisotopic (exact) mass is 329 g/mol. The van der Waals surface area contributed by atoms with Gasteiger partial charge in [-0.05, 0) is 24.8 Å². The van der Waals surface area contributed by atoms with Crippen LogP contribution in [-0.2, 0) is 11.2 Å². The Morgan fingerprint density at radius 1 is 1.08 bits per heavy atom. The van der Waals surface area contributed by atoms with Crippen molar-refractivity contribution in [3.8, 4) is 0 Å². The molecule has 4 nitrogen and oxygen atoms in total. The molecule has 2 aliphatic rings. The third-order valence-electron chi connectivity index (χ3n) is 5.71. The van der Waals surface area contributed by atoms with Crippen molar-refractivity contribution in [1.29, 1.82) is 0 Å². The molecule has 24 heavy (non-hydrogen) atoms. The van der Waals surface area contributed by atoms with Gasteiger partial charge in [-0.1, -0.05) is 36.8 Å². The topological polar surface area (TPSA) is 26.8 Å². The van der Waals surface area contributed by atoms with Crippen LogP contribution in [-0.4, -0.2) is 72.5 Å². The number of benzene rings is 1. The first-order valence-corrected chi connectivity index (χ1v) is 9.30. The Bertz CT molecular complexity index is 549. The van der Waals surface area contributed by atoms with Gasteiger partial charge in [0, 0.05) is 58.8 Å². The fraction of sp³-hybridized carbons (Fsp3) is 0.650. The van der Waals surface area contributed by atoms with Crippen LogP contribution < -0.4 is 0 Å². The standard InChI is InChI=1S/C20H31N3O/c1-16-4-6-19(7-5-16)8-9-21-14-17(2)20(15-21)23-12-10-22(11-13-23)18(3)24/h4-7,17,20H,8-15H2,1-3H3/t17-,20-/m1/s1. The molecule has 0 unspecified atom stereocenters. The van der Waals surface area contributed by atoms with E-state index in [1.165, 1.54) is 24.2 Å². The number of likely N-dealkylation sites (tertiary alicyclic amines) is 1. The van der Waals surface area contributed by atoms with Gasteiger partial charge in [0.15, 0.2) is 0 Å². The summed E-state index contributed by atoms with van der Waals surface area (Å²) in [7, 11) is 0. The summed E-state index contributed by atoms with van der Waals surface area (Å²) in [5.74, 6) is 0.931. The van der Waals surface area contributed by atoms with E-state index in [2.05, 4.69) is 47.9 Å². The maximum Gasteiger partial charge on any atom is 0.219 e. The van der Waals surface area contributed by atoms with E-state index < -0.39 is 0 Å². The second-order valence-corrected chi connectivity index (χ2v) is 7.58. The van der Waals surface area contributed by atoms with Crippen LogP contribution in [0.5, 0.6) is 0 Å². The number of hydrogen-bond donors (Lipinski definition) is 0. The van der Waals surface area contributed by atoms with Gasteiger partial charge in [0.2, 0.25) is 5.91 Å². The SMILES string of the molecule is CC(=O)N1CCN([C@@H]2CN(CCc3ccc(C)cc3)C[C@H]2C)CC1. The van der Waals surface area contributed by atoms with Crippen LogP contribution in [0.1, 0.15) is 25.0 Å². The molecule has 0 bridgehead atoms. The number of carbonyl (C=O) groups excluding carboxylic acids is 1. The molecule has 0 radical (unpaired) electrons. The molecule has 132 valence electrons. The molecule has 2 fully saturated rings. The van der Waals surface area contributed by atoms with Crippen LogP contribution in [0.3, 0.4) is 0 Å². The van der Waals surface area contributed by atoms with Gasteiger partial charge >= 0.3 is 0 Å². The molecule has 0 saturated carbocycles. The number of piperazine rings is 1. The normalized spacial score (nSPS) is 26.0. The van der Waals surface area contributed by atoms with Crippen LogP contribution in [0.4, 0.5) is 0 Å². The number of aryl methyl sites for hydroxylation is 1. The van der Waals surface area contributed by atoms with E-state index in [4.69, 9.17) is 0 Å². The Morgan fingerprint density at radius 2 is 1.75 bits per heavy atom. The van der Waals surface area contributed by atoms with Gasteiger partial charge in [-0.25, -0.2) is 0 Å². The van der Waals surface area contributed by atoms with Crippen LogP contribution in [0.15, 0.2) is 24.3 Å². The van der Waals surface area contributed by atoms with Gasteiger partial charge in [0.25, 0.3) is 0 Å². The Hall–Kier alpha value is -1.39. The lowest BCUT2D eigenvalue weighted by molar-refractivity contribution is -0.130. The summed E-state index contributed by atoms with van der Waals surface area (Å²) in [6.45, 7) is 13.6. The van der Waals surface area contributed by atoms with Crippen LogP contribution >= 0.6 is 0 Å². The lowest BCUT2D eigenvalue weighted by Crippen LogP contribution is -2.53. The zero-order chi connectivity index (χ0) is 17.1. The van der Waals surface area contributed by atoms with Crippen molar-refractivity contribution in [2.75, 3.05) is 45.8 Å². The highest BCUT2D eigenvalue weighted by atomic mass is 16.2. The summed E-state index contributed by atoms with van der Waals surface area (Å²) >= 11 is 0. The Balaban J connectivity index is 1.48. The van der Waals surface area contributed by atoms with Crippen LogP contribution in [0, 0.1) is 12.8 Å². The summed E-state index contributed by atoms with van der Waals surface area (Å²) in [5, 5.41) is 0. The van der Waals surface area contributed by atoms with Gasteiger partial charge < -0.3 is 9.80 Å². The highest BCUT2D eigenvalue weighted by Gasteiger charge is 2.35. The quantitative estimate of drug-likeness (QED) is 0.846. The largest absolute Gasteiger partial charge is 0.340 e. The average Bonchev–Trinajstić information content (AvgIpc) is 2.95. The number of nitrogens with zero attached hydrogens (tertiary/aromatic N) is 3. The van der Waals surface area contributed by atoms with Crippen LogP contribution in [0.2, 0.25) is 0 Å². The maximum atomic E-state index is 11.5. The van der Waals surface area contributed by atoms with Crippen molar-refractivity contribution < 1.29 is 4.79 Å². The van der Waals surface area contributed by atoms with E-state index in [9.17, 15) is 4.79 Å². The lowest BCUT2D eigenvalue weighted by atomic mass is 10.0. The first kappa shape index (κ1) is 17.4. The van der Waals surface area contributed by atoms with Gasteiger partial charge in [0.1, 0.15) is 0 Å². The third-order valence-corrected chi connectivity index (χ3v) is 5.71. The second-order valence-electron chi connectivity index (χ2n) is 7.58. The van der Waals surface area contributed by atoms with Crippen molar-refractivity contribution in [2.24, 2.45) is 5.92 Å². The number of carbonyl (C=O) groups is 1. The predicted molar refractivity (Wildman–Crippen MR) is 98.1 cm³/mol. The number of rotatable bonds is 4. The maximum absolute atomic E-state index is 11.5. The molecule has 0 aliphatic carbocycles. The number of amides is 1. The molecule has 4 heteroatoms. The van der Waals surface area contributed by atoms with Gasteiger partial charge in [-0.15, -0.1) is 0 Å². The zero-order valence-electron chi connectivity index (χ0n) is 15.4. The summed E-state index contributed by atoms with van der Waals surface area (Å²) < 4.78 is 0. The van der Waals surface area contributed by atoms with Crippen LogP contribution in [0.25, 0.3) is 0 Å². The molecule has 2 saturated heterocycles. The predicted octanol–water partition coefficient (Wildman–Crippen LogP) is 2.02. The van der Waals surface area contributed by atoms with Crippen molar-refractivity contribution in [3.63, 3.8) is 0 Å². The fourth-order valence-corrected chi connectivity index (χ4v) is 4.12. The minimum atomic E-state index is 0.217. The molecule has 1 amide bonds. The summed E-state index contributed by atoms with van der Waals surface area (Å²) in [6, 6.07) is 9.58. The van der Waals surface area contributed by atoms with E-state index in [1.807, 2.05) is 4.90 Å². The van der Waals surface area contributed by atoms with E-state index in [1.54, 1.807) is 6.92 Å². The molecule has 1 aromatic rings. The third kappa shape index (κ3) is 4.17. The highest BCUT2D eigenvalue weighted by molar-refractivity contribution is 5.73. The summed E-state index contributed by atoms with van der Waals surface area (Å²) in [4.78, 5) is 18.7. The van der Waals surface area contributed by atoms with E-state index in [-0.39, 0.29) is 5.91 Å². The Labute approximate surface area is 146 Å². The summed E-state index contributed by atoms with van der Waals surface area (Å²) in [6.07, 6.45) is 1.14. The molecule has 0 N–H and O–H groups in total. The minimum absolute atomic E-state index is 0.217. The Kier molecular flexibility index (Phi) is 5.57. The second kappa shape index (κ2) is 7.66. The molecular weight excluding hydrogens is 298 g/mol. The number of hydrogen-bond acceptors (Lipinski definition) is 3. The molecular formula is C20H31N3O. The zero-order valence-corrected chi connectivity index (χ0v) is 15.4. The van der Waals surface area contributed by atoms with Crippen molar-refractivity contribution in [3.05, 3.63) is 35.4 Å². The molecule has 2 aliphatic heterocycles. The average molecular weight is 329 g/mol. The van der Waals surface area contributed by atoms with Gasteiger partial charge in [0.05, 0.1) is 0 Å². The van der Waals surface area contributed by atoms with E-state index in [0.29, 0.717) is 12.0 Å². The smallest absolute Gasteiger partial charge is 0.219 e. The lowest BCUT2D eigenvalue weighted by Gasteiger charge is -2.39. The minimum Gasteiger partial charge on any atom is -0.340 e. The fourth-order valence-electron chi connectivity index (χ4n) is 4.12. The molecule has 2 atom stereocenters. The van der Waals surface area contributed by atoms with Gasteiger partial charge in [-0.3, -0.25) is 9.69 Å². The first-order valence-electron chi connectivity index (χ1n) is 9.30. The molecule has 0 spiro atoms. The van der Waals surface area contributed by atoms with Gasteiger partial charge in [-0.2, -0.15) is 0 Å². The van der Waals surface area contributed by atoms with E-state index >= 15 is 0 Å². The molecule has 3 rings (SSSR count). The van der Waals surface area contributed by atoms with Crippen molar-refractivity contribution >= 4 is 5.91 Å². The summed E-state index contributed by atoms with van der Waals surface area (Å²) in [5.41, 5.74) is 2.77. The van der Waals surface area contributed by atoms with Crippen molar-refractivity contribution in [2.45, 2.75) is 33.2 Å². The Morgan fingerprint density at radius 3 is 2.38 bits per heavy atom. The molecule has 0 aromatic heterocycles. The molecule has 1 aromatic carbocycles. The first-order chi connectivity index (χ1) is 11.5. The van der Waals surface area contributed by atoms with Crippen molar-refractivity contribution in [1.82, 2.24) is 14.7 Å².